The van der Waals surface area contributed by atoms with E-state index in [0.717, 1.165) is 34.2 Å². The van der Waals surface area contributed by atoms with Gasteiger partial charge in [-0.1, -0.05) is 79.7 Å². The molecule has 0 aromatic heterocycles. The van der Waals surface area contributed by atoms with Gasteiger partial charge >= 0.3 is 0 Å². The van der Waals surface area contributed by atoms with Crippen molar-refractivity contribution in [2.24, 2.45) is 0 Å². The topological polar surface area (TPSA) is 29.1 Å². The summed E-state index contributed by atoms with van der Waals surface area (Å²) < 4.78 is 0. The van der Waals surface area contributed by atoms with Gasteiger partial charge in [-0.25, -0.2) is 0 Å². The molecule has 0 spiro atoms. The van der Waals surface area contributed by atoms with E-state index < -0.39 is 0 Å². The third kappa shape index (κ3) is 4.46. The van der Waals surface area contributed by atoms with Crippen LogP contribution in [0.15, 0.2) is 72.8 Å². The maximum Gasteiger partial charge on any atom is 0.232 e. The Labute approximate surface area is 162 Å². The van der Waals surface area contributed by atoms with E-state index in [4.69, 9.17) is 0 Å². The van der Waals surface area contributed by atoms with Crippen molar-refractivity contribution in [3.63, 3.8) is 0 Å². The molecule has 2 nitrogen and oxygen atoms in total. The van der Waals surface area contributed by atoms with Crippen molar-refractivity contribution >= 4 is 5.91 Å². The van der Waals surface area contributed by atoms with Crippen LogP contribution in [0.3, 0.4) is 0 Å². The highest BCUT2D eigenvalue weighted by atomic mass is 16.1. The van der Waals surface area contributed by atoms with E-state index in [1.807, 2.05) is 24.3 Å². The summed E-state index contributed by atoms with van der Waals surface area (Å²) >= 11 is 0. The molecule has 27 heavy (non-hydrogen) atoms. The average Bonchev–Trinajstić information content (AvgIpc) is 2.70. The Morgan fingerprint density at radius 2 is 1.26 bits per heavy atom. The minimum Gasteiger partial charge on any atom is -0.351 e. The van der Waals surface area contributed by atoms with E-state index in [9.17, 15) is 4.79 Å². The predicted molar refractivity (Wildman–Crippen MR) is 112 cm³/mol. The number of benzene rings is 3. The van der Waals surface area contributed by atoms with Gasteiger partial charge in [0.2, 0.25) is 5.91 Å². The van der Waals surface area contributed by atoms with E-state index in [1.54, 1.807) is 0 Å². The summed E-state index contributed by atoms with van der Waals surface area (Å²) in [5.41, 5.74) is 6.81. The Hall–Kier alpha value is -2.87. The molecular formula is C25H27NO. The second-order valence-corrected chi connectivity index (χ2v) is 7.03. The van der Waals surface area contributed by atoms with Gasteiger partial charge in [-0.15, -0.1) is 0 Å². The third-order valence-corrected chi connectivity index (χ3v) is 5.16. The van der Waals surface area contributed by atoms with Crippen LogP contribution < -0.4 is 5.32 Å². The van der Waals surface area contributed by atoms with Gasteiger partial charge in [0.05, 0.1) is 5.92 Å². The number of hydrogen-bond donors (Lipinski definition) is 1. The van der Waals surface area contributed by atoms with Gasteiger partial charge in [-0.2, -0.15) is 0 Å². The van der Waals surface area contributed by atoms with Crippen molar-refractivity contribution in [2.45, 2.75) is 39.7 Å². The Kier molecular flexibility index (Phi) is 6.08. The molecule has 0 atom stereocenters. The molecule has 1 N–H and O–H groups in total. The highest BCUT2D eigenvalue weighted by molar-refractivity contribution is 5.88. The normalized spacial score (nSPS) is 10.8. The minimum absolute atomic E-state index is 0.0400. The highest BCUT2D eigenvalue weighted by Crippen LogP contribution is 2.29. The Morgan fingerprint density at radius 3 is 1.74 bits per heavy atom. The average molecular weight is 357 g/mol. The molecule has 0 unspecified atom stereocenters. The molecule has 138 valence electrons. The van der Waals surface area contributed by atoms with Crippen molar-refractivity contribution in [3.8, 4) is 0 Å². The minimum atomic E-state index is -0.303. The molecule has 3 aromatic carbocycles. The number of nitrogens with one attached hydrogen (secondary N) is 1. The van der Waals surface area contributed by atoms with E-state index in [2.05, 4.69) is 74.6 Å². The summed E-state index contributed by atoms with van der Waals surface area (Å²) in [5, 5.41) is 3.15. The number of rotatable bonds is 6. The molecular weight excluding hydrogens is 330 g/mol. The number of amides is 1. The number of carbonyl (C=O) groups is 1. The first-order valence-electron chi connectivity index (χ1n) is 9.56. The zero-order valence-corrected chi connectivity index (χ0v) is 16.3. The van der Waals surface area contributed by atoms with Crippen molar-refractivity contribution in [1.82, 2.24) is 5.32 Å². The van der Waals surface area contributed by atoms with Crippen molar-refractivity contribution in [3.05, 3.63) is 106 Å². The van der Waals surface area contributed by atoms with Gasteiger partial charge in [0, 0.05) is 6.54 Å². The Balaban J connectivity index is 1.87. The molecule has 0 bridgehead atoms. The van der Waals surface area contributed by atoms with Gasteiger partial charge in [0.25, 0.3) is 0 Å². The largest absolute Gasteiger partial charge is 0.351 e. The van der Waals surface area contributed by atoms with Crippen LogP contribution in [0.25, 0.3) is 0 Å². The van der Waals surface area contributed by atoms with Crippen LogP contribution in [0.5, 0.6) is 0 Å². The Bertz CT molecular complexity index is 866. The third-order valence-electron chi connectivity index (χ3n) is 5.16. The summed E-state index contributed by atoms with van der Waals surface area (Å²) in [7, 11) is 0. The van der Waals surface area contributed by atoms with Gasteiger partial charge in [-0.3, -0.25) is 4.79 Å². The lowest BCUT2D eigenvalue weighted by Crippen LogP contribution is -2.30. The molecule has 0 aliphatic heterocycles. The second-order valence-electron chi connectivity index (χ2n) is 7.03. The molecule has 0 aliphatic carbocycles. The molecule has 1 amide bonds. The van der Waals surface area contributed by atoms with Crippen LogP contribution >= 0.6 is 0 Å². The molecule has 0 heterocycles. The van der Waals surface area contributed by atoms with Gasteiger partial charge in [0.15, 0.2) is 0 Å². The van der Waals surface area contributed by atoms with Crippen molar-refractivity contribution < 1.29 is 4.79 Å². The van der Waals surface area contributed by atoms with Gasteiger partial charge in [-0.05, 0) is 53.6 Å². The summed E-state index contributed by atoms with van der Waals surface area (Å²) in [5.74, 6) is -0.263. The van der Waals surface area contributed by atoms with Crippen LogP contribution in [0.2, 0.25) is 0 Å². The molecule has 0 radical (unpaired) electrons. The second kappa shape index (κ2) is 8.68. The lowest BCUT2D eigenvalue weighted by Gasteiger charge is -2.21. The molecule has 0 fully saturated rings. The molecule has 0 saturated carbocycles. The van der Waals surface area contributed by atoms with E-state index in [-0.39, 0.29) is 11.8 Å². The zero-order valence-electron chi connectivity index (χ0n) is 16.3. The monoisotopic (exact) mass is 357 g/mol. The first-order valence-corrected chi connectivity index (χ1v) is 9.56. The molecule has 0 saturated heterocycles. The Morgan fingerprint density at radius 1 is 0.778 bits per heavy atom. The first-order chi connectivity index (χ1) is 13.1. The summed E-state index contributed by atoms with van der Waals surface area (Å²) in [6.45, 7) is 6.82. The fraction of sp³-hybridized carbons (Fsp3) is 0.240. The standard InChI is InChI=1S/C25H27NO/c1-4-20-13-15-21(16-14-20)17-26-25(27)24(22-11-7-5-9-18(22)2)23-12-8-6-10-19(23)3/h5-16,24H,4,17H2,1-3H3,(H,26,27). The molecule has 0 aliphatic rings. The first kappa shape index (κ1) is 18.9. The maximum atomic E-state index is 13.2. The van der Waals surface area contributed by atoms with Gasteiger partial charge in [0.1, 0.15) is 0 Å². The van der Waals surface area contributed by atoms with E-state index in [1.165, 1.54) is 5.56 Å². The predicted octanol–water partition coefficient (Wildman–Crippen LogP) is 5.31. The number of hydrogen-bond acceptors (Lipinski definition) is 1. The fourth-order valence-electron chi connectivity index (χ4n) is 3.46. The molecule has 3 rings (SSSR count). The van der Waals surface area contributed by atoms with Crippen LogP contribution in [0, 0.1) is 13.8 Å². The SMILES string of the molecule is CCc1ccc(CNC(=O)C(c2ccccc2C)c2ccccc2C)cc1. The van der Waals surface area contributed by atoms with E-state index in [0.29, 0.717) is 6.54 Å². The van der Waals surface area contributed by atoms with Crippen LogP contribution in [0.4, 0.5) is 0 Å². The molecule has 3 aromatic rings. The summed E-state index contributed by atoms with van der Waals surface area (Å²) in [6.07, 6.45) is 1.02. The smallest absolute Gasteiger partial charge is 0.232 e. The lowest BCUT2D eigenvalue weighted by molar-refractivity contribution is -0.121. The van der Waals surface area contributed by atoms with Crippen LogP contribution in [-0.2, 0) is 17.8 Å². The van der Waals surface area contributed by atoms with E-state index >= 15 is 0 Å². The fourth-order valence-corrected chi connectivity index (χ4v) is 3.46. The zero-order chi connectivity index (χ0) is 19.2. The van der Waals surface area contributed by atoms with Crippen LogP contribution in [0.1, 0.15) is 46.2 Å². The lowest BCUT2D eigenvalue weighted by atomic mass is 9.85. The maximum absolute atomic E-state index is 13.2. The van der Waals surface area contributed by atoms with Crippen LogP contribution in [-0.4, -0.2) is 5.91 Å². The highest BCUT2D eigenvalue weighted by Gasteiger charge is 2.25. The summed E-state index contributed by atoms with van der Waals surface area (Å²) in [6, 6.07) is 24.7. The van der Waals surface area contributed by atoms with Gasteiger partial charge < -0.3 is 5.32 Å². The van der Waals surface area contributed by atoms with Crippen molar-refractivity contribution in [1.29, 1.82) is 0 Å². The summed E-state index contributed by atoms with van der Waals surface area (Å²) in [4.78, 5) is 13.2. The number of aryl methyl sites for hydroxylation is 3. The number of carbonyl (C=O) groups excluding carboxylic acids is 1. The quantitative estimate of drug-likeness (QED) is 0.636. The molecule has 2 heteroatoms. The van der Waals surface area contributed by atoms with Crippen molar-refractivity contribution in [2.75, 3.05) is 0 Å².